The summed E-state index contributed by atoms with van der Waals surface area (Å²) in [6.07, 6.45) is 0. The van der Waals surface area contributed by atoms with Crippen LogP contribution in [0.4, 0.5) is 8.78 Å². The molecule has 1 N–H and O–H groups in total. The van der Waals surface area contributed by atoms with Crippen LogP contribution in [-0.4, -0.2) is 7.05 Å². The van der Waals surface area contributed by atoms with Crippen molar-refractivity contribution < 1.29 is 13.5 Å². The molecule has 0 saturated heterocycles. The number of halogens is 3. The highest BCUT2D eigenvalue weighted by Gasteiger charge is 2.09. The first-order valence-electron chi connectivity index (χ1n) is 6.11. The third kappa shape index (κ3) is 3.35. The van der Waals surface area contributed by atoms with E-state index in [1.54, 1.807) is 12.1 Å². The van der Waals surface area contributed by atoms with Crippen LogP contribution in [0.25, 0.3) is 0 Å². The Morgan fingerprint density at radius 3 is 2.30 bits per heavy atom. The third-order valence-corrected chi connectivity index (χ3v) is 3.68. The maximum absolute atomic E-state index is 13.1. The largest absolute Gasteiger partial charge is 0.457 e. The van der Waals surface area contributed by atoms with Crippen molar-refractivity contribution >= 4 is 15.9 Å². The topological polar surface area (TPSA) is 21.3 Å². The second-order valence-electron chi connectivity index (χ2n) is 4.37. The van der Waals surface area contributed by atoms with E-state index in [1.165, 1.54) is 6.07 Å². The van der Waals surface area contributed by atoms with Crippen LogP contribution in [0.3, 0.4) is 0 Å². The number of hydrogen-bond acceptors (Lipinski definition) is 2. The molecule has 0 fully saturated rings. The number of ether oxygens (including phenoxy) is 1. The van der Waals surface area contributed by atoms with Gasteiger partial charge in [0.1, 0.15) is 11.5 Å². The van der Waals surface area contributed by atoms with Gasteiger partial charge < -0.3 is 10.1 Å². The van der Waals surface area contributed by atoms with Crippen LogP contribution in [0.1, 0.15) is 18.5 Å². The van der Waals surface area contributed by atoms with Crippen molar-refractivity contribution in [1.82, 2.24) is 5.32 Å². The Labute approximate surface area is 124 Å². The molecule has 0 aliphatic carbocycles. The average molecular weight is 342 g/mol. The van der Waals surface area contributed by atoms with Crippen LogP contribution in [0.5, 0.6) is 11.5 Å². The van der Waals surface area contributed by atoms with Crippen molar-refractivity contribution in [1.29, 1.82) is 0 Å². The normalized spacial score (nSPS) is 12.2. The van der Waals surface area contributed by atoms with Crippen LogP contribution in [-0.2, 0) is 0 Å². The van der Waals surface area contributed by atoms with E-state index in [0.717, 1.165) is 22.2 Å². The van der Waals surface area contributed by atoms with Crippen molar-refractivity contribution in [2.75, 3.05) is 7.05 Å². The Kier molecular flexibility index (Phi) is 4.73. The van der Waals surface area contributed by atoms with E-state index in [1.807, 2.05) is 20.0 Å². The predicted molar refractivity (Wildman–Crippen MR) is 78.0 cm³/mol. The quantitative estimate of drug-likeness (QED) is 0.862. The lowest BCUT2D eigenvalue weighted by Crippen LogP contribution is -2.12. The first-order valence-corrected chi connectivity index (χ1v) is 6.90. The summed E-state index contributed by atoms with van der Waals surface area (Å²) >= 11 is 3.47. The van der Waals surface area contributed by atoms with Gasteiger partial charge >= 0.3 is 0 Å². The molecule has 1 unspecified atom stereocenters. The maximum Gasteiger partial charge on any atom is 0.162 e. The molecule has 2 nitrogen and oxygen atoms in total. The van der Waals surface area contributed by atoms with Gasteiger partial charge in [0.2, 0.25) is 0 Å². The van der Waals surface area contributed by atoms with Crippen molar-refractivity contribution in [3.63, 3.8) is 0 Å². The molecule has 0 saturated carbocycles. The highest BCUT2D eigenvalue weighted by molar-refractivity contribution is 9.10. The third-order valence-electron chi connectivity index (χ3n) is 3.00. The Balaban J connectivity index is 2.22. The fraction of sp³-hybridized carbons (Fsp3) is 0.200. The van der Waals surface area contributed by atoms with Gasteiger partial charge in [0.25, 0.3) is 0 Å². The minimum Gasteiger partial charge on any atom is -0.457 e. The first kappa shape index (κ1) is 14.9. The summed E-state index contributed by atoms with van der Waals surface area (Å²) in [6.45, 7) is 2.04. The van der Waals surface area contributed by atoms with Gasteiger partial charge in [-0.05, 0) is 43.8 Å². The molecule has 0 aliphatic rings. The van der Waals surface area contributed by atoms with E-state index >= 15 is 0 Å². The molecule has 5 heteroatoms. The zero-order valence-electron chi connectivity index (χ0n) is 11.1. The van der Waals surface area contributed by atoms with E-state index in [2.05, 4.69) is 21.2 Å². The summed E-state index contributed by atoms with van der Waals surface area (Å²) < 4.78 is 32.3. The standard InChI is InChI=1S/C15H14BrF2NO/c1-9(19-2)12-5-3-10(7-13(12)16)20-11-4-6-14(17)15(18)8-11/h3-9,19H,1-2H3. The Morgan fingerprint density at radius 2 is 1.70 bits per heavy atom. The van der Waals surface area contributed by atoms with Gasteiger partial charge in [0, 0.05) is 16.6 Å². The minimum absolute atomic E-state index is 0.196. The first-order chi connectivity index (χ1) is 9.51. The fourth-order valence-corrected chi connectivity index (χ4v) is 2.46. The molecule has 0 heterocycles. The summed E-state index contributed by atoms with van der Waals surface area (Å²) in [4.78, 5) is 0. The van der Waals surface area contributed by atoms with Crippen LogP contribution >= 0.6 is 15.9 Å². The fourth-order valence-electron chi connectivity index (χ4n) is 1.75. The highest BCUT2D eigenvalue weighted by atomic mass is 79.9. The van der Waals surface area contributed by atoms with Crippen molar-refractivity contribution in [3.05, 3.63) is 58.1 Å². The Morgan fingerprint density at radius 1 is 1.05 bits per heavy atom. The maximum atomic E-state index is 13.1. The molecule has 0 spiro atoms. The Hall–Kier alpha value is -1.46. The lowest BCUT2D eigenvalue weighted by molar-refractivity contribution is 0.461. The lowest BCUT2D eigenvalue weighted by atomic mass is 10.1. The SMILES string of the molecule is CNC(C)c1ccc(Oc2ccc(F)c(F)c2)cc1Br. The Bertz CT molecular complexity index is 619. The number of hydrogen-bond donors (Lipinski definition) is 1. The van der Waals surface area contributed by atoms with Crippen molar-refractivity contribution in [2.24, 2.45) is 0 Å². The van der Waals surface area contributed by atoms with Gasteiger partial charge in [-0.3, -0.25) is 0 Å². The smallest absolute Gasteiger partial charge is 0.162 e. The van der Waals surface area contributed by atoms with Gasteiger partial charge in [0.15, 0.2) is 11.6 Å². The van der Waals surface area contributed by atoms with Gasteiger partial charge in [-0.25, -0.2) is 8.78 Å². The molecule has 2 aromatic carbocycles. The molecule has 106 valence electrons. The molecule has 0 bridgehead atoms. The molecule has 0 aliphatic heterocycles. The van der Waals surface area contributed by atoms with E-state index < -0.39 is 11.6 Å². The van der Waals surface area contributed by atoms with E-state index in [0.29, 0.717) is 5.75 Å². The molecular weight excluding hydrogens is 328 g/mol. The number of rotatable bonds is 4. The molecule has 1 atom stereocenters. The highest BCUT2D eigenvalue weighted by Crippen LogP contribution is 2.30. The summed E-state index contributed by atoms with van der Waals surface area (Å²) in [6, 6.07) is 9.14. The number of benzene rings is 2. The molecule has 0 radical (unpaired) electrons. The minimum atomic E-state index is -0.929. The van der Waals surface area contributed by atoms with Crippen LogP contribution in [0.2, 0.25) is 0 Å². The van der Waals surface area contributed by atoms with Crippen LogP contribution in [0.15, 0.2) is 40.9 Å². The van der Waals surface area contributed by atoms with E-state index in [-0.39, 0.29) is 11.8 Å². The van der Waals surface area contributed by atoms with Crippen LogP contribution in [0, 0.1) is 11.6 Å². The van der Waals surface area contributed by atoms with Crippen molar-refractivity contribution in [3.8, 4) is 11.5 Å². The monoisotopic (exact) mass is 341 g/mol. The molecule has 0 aromatic heterocycles. The summed E-state index contributed by atoms with van der Waals surface area (Å²) in [7, 11) is 1.88. The summed E-state index contributed by atoms with van der Waals surface area (Å²) in [5.74, 6) is -1.01. The van der Waals surface area contributed by atoms with Gasteiger partial charge in [-0.15, -0.1) is 0 Å². The van der Waals surface area contributed by atoms with Crippen LogP contribution < -0.4 is 10.1 Å². The van der Waals surface area contributed by atoms with Gasteiger partial charge in [0.05, 0.1) is 0 Å². The second-order valence-corrected chi connectivity index (χ2v) is 5.23. The van der Waals surface area contributed by atoms with Crippen molar-refractivity contribution in [2.45, 2.75) is 13.0 Å². The van der Waals surface area contributed by atoms with Gasteiger partial charge in [-0.1, -0.05) is 22.0 Å². The number of nitrogens with one attached hydrogen (secondary N) is 1. The zero-order chi connectivity index (χ0) is 14.7. The zero-order valence-corrected chi connectivity index (χ0v) is 12.7. The summed E-state index contributed by atoms with van der Waals surface area (Å²) in [5.41, 5.74) is 1.09. The lowest BCUT2D eigenvalue weighted by Gasteiger charge is -2.14. The van der Waals surface area contributed by atoms with Gasteiger partial charge in [-0.2, -0.15) is 0 Å². The molecule has 2 aromatic rings. The summed E-state index contributed by atoms with van der Waals surface area (Å²) in [5, 5.41) is 3.14. The molecule has 20 heavy (non-hydrogen) atoms. The molecule has 2 rings (SSSR count). The van der Waals surface area contributed by atoms with E-state index in [4.69, 9.17) is 4.74 Å². The molecular formula is C15H14BrF2NO. The van der Waals surface area contributed by atoms with E-state index in [9.17, 15) is 8.78 Å². The molecule has 0 amide bonds. The second kappa shape index (κ2) is 6.33. The predicted octanol–water partition coefficient (Wildman–Crippen LogP) is 4.80. The average Bonchev–Trinajstić information content (AvgIpc) is 2.42.